The molecule has 0 saturated heterocycles. The number of amides is 1. The zero-order chi connectivity index (χ0) is 33.2. The van der Waals surface area contributed by atoms with Gasteiger partial charge in [0.1, 0.15) is 5.52 Å². The number of hydrogen-bond acceptors (Lipinski definition) is 8. The number of nitrogens with one attached hydrogen (secondary N) is 1. The SMILES string of the molecule is CCCCCCCCCCCCCCC[C@@H](O)[C@H](CO)NC(=O)CCCCCCCCCCCc1ccc([N+](=O)[O-])c2nonc12. The van der Waals surface area contributed by atoms with E-state index in [1.165, 1.54) is 83.1 Å². The largest absolute Gasteiger partial charge is 0.394 e. The summed E-state index contributed by atoms with van der Waals surface area (Å²) in [4.78, 5) is 23.0. The van der Waals surface area contributed by atoms with Crippen molar-refractivity contribution in [1.29, 1.82) is 0 Å². The van der Waals surface area contributed by atoms with Crippen LogP contribution in [0.3, 0.4) is 0 Å². The van der Waals surface area contributed by atoms with Crippen molar-refractivity contribution in [2.45, 2.75) is 180 Å². The van der Waals surface area contributed by atoms with Gasteiger partial charge in [-0.25, -0.2) is 4.63 Å². The van der Waals surface area contributed by atoms with Gasteiger partial charge in [0.2, 0.25) is 11.4 Å². The fourth-order valence-electron chi connectivity index (χ4n) is 6.21. The molecular formula is C36H62N4O6. The first kappa shape index (κ1) is 39.6. The summed E-state index contributed by atoms with van der Waals surface area (Å²) in [7, 11) is 0. The Morgan fingerprint density at radius 2 is 1.28 bits per heavy atom. The molecule has 0 aliphatic rings. The Labute approximate surface area is 276 Å². The summed E-state index contributed by atoms with van der Waals surface area (Å²) in [5.74, 6) is -0.0878. The van der Waals surface area contributed by atoms with Gasteiger partial charge in [0, 0.05) is 12.5 Å². The van der Waals surface area contributed by atoms with Crippen LogP contribution in [0.25, 0.3) is 11.0 Å². The molecule has 1 aromatic carbocycles. The third-order valence-corrected chi connectivity index (χ3v) is 9.14. The van der Waals surface area contributed by atoms with Crippen LogP contribution in [0.5, 0.6) is 0 Å². The molecule has 262 valence electrons. The third kappa shape index (κ3) is 16.8. The fraction of sp³-hybridized carbons (Fsp3) is 0.806. The highest BCUT2D eigenvalue weighted by atomic mass is 16.6. The molecule has 0 aliphatic heterocycles. The lowest BCUT2D eigenvalue weighted by Crippen LogP contribution is -2.45. The van der Waals surface area contributed by atoms with Gasteiger partial charge in [-0.05, 0) is 47.6 Å². The molecule has 0 fully saturated rings. The Balaban J connectivity index is 1.40. The lowest BCUT2D eigenvalue weighted by Gasteiger charge is -2.22. The summed E-state index contributed by atoms with van der Waals surface area (Å²) >= 11 is 0. The fourth-order valence-corrected chi connectivity index (χ4v) is 6.21. The van der Waals surface area contributed by atoms with Crippen molar-refractivity contribution in [3.63, 3.8) is 0 Å². The summed E-state index contributed by atoms with van der Waals surface area (Å²) in [5, 5.41) is 41.7. The van der Waals surface area contributed by atoms with Crippen molar-refractivity contribution in [1.82, 2.24) is 15.6 Å². The number of aliphatic hydroxyl groups excluding tert-OH is 2. The number of carbonyl (C=O) groups is 1. The van der Waals surface area contributed by atoms with E-state index < -0.39 is 17.1 Å². The van der Waals surface area contributed by atoms with Crippen LogP contribution < -0.4 is 5.32 Å². The molecule has 2 aromatic rings. The smallest absolute Gasteiger partial charge is 0.300 e. The number of nitro benzene ring substituents is 1. The molecule has 0 radical (unpaired) electrons. The number of aryl methyl sites for hydroxylation is 1. The first-order valence-electron chi connectivity index (χ1n) is 18.4. The average molecular weight is 647 g/mol. The maximum absolute atomic E-state index is 12.4. The number of aliphatic hydroxyl groups is 2. The molecule has 1 aromatic heterocycles. The Morgan fingerprint density at radius 1 is 0.783 bits per heavy atom. The number of benzene rings is 1. The standard InChI is InChI=1S/C36H62N4O6/c1-2-3-4-5-6-7-8-9-10-13-16-19-22-25-33(42)31(29-41)37-34(43)26-23-20-17-14-11-12-15-18-21-24-30-27-28-32(40(44)45)36-35(30)38-46-39-36/h27-28,31,33,41-42H,2-26,29H2,1H3,(H,37,43)/t31-,33+/m0/s1. The Kier molecular flexibility index (Phi) is 21.9. The summed E-state index contributed by atoms with van der Waals surface area (Å²) in [6.07, 6.45) is 27.4. The molecule has 10 heteroatoms. The minimum Gasteiger partial charge on any atom is -0.394 e. The van der Waals surface area contributed by atoms with E-state index in [1.54, 1.807) is 6.07 Å². The first-order valence-corrected chi connectivity index (χ1v) is 18.4. The number of fused-ring (bicyclic) bond motifs is 1. The quantitative estimate of drug-likeness (QED) is 0.0432. The highest BCUT2D eigenvalue weighted by Crippen LogP contribution is 2.26. The van der Waals surface area contributed by atoms with E-state index in [0.717, 1.165) is 76.2 Å². The van der Waals surface area contributed by atoms with E-state index in [9.17, 15) is 25.1 Å². The number of non-ortho nitro benzene ring substituents is 1. The lowest BCUT2D eigenvalue weighted by molar-refractivity contribution is -0.383. The molecule has 10 nitrogen and oxygen atoms in total. The van der Waals surface area contributed by atoms with Gasteiger partial charge >= 0.3 is 5.69 Å². The number of carbonyl (C=O) groups excluding carboxylic acids is 1. The molecule has 0 bridgehead atoms. The summed E-state index contributed by atoms with van der Waals surface area (Å²) in [6, 6.07) is 2.64. The minimum atomic E-state index is -0.698. The minimum absolute atomic E-state index is 0.0795. The molecule has 46 heavy (non-hydrogen) atoms. The van der Waals surface area contributed by atoms with Gasteiger partial charge in [0.05, 0.1) is 23.7 Å². The number of hydrogen-bond donors (Lipinski definition) is 3. The Hall–Kier alpha value is -2.59. The van der Waals surface area contributed by atoms with Crippen LogP contribution in [0.4, 0.5) is 5.69 Å². The predicted octanol–water partition coefficient (Wildman–Crippen LogP) is 8.89. The van der Waals surface area contributed by atoms with E-state index in [4.69, 9.17) is 4.63 Å². The van der Waals surface area contributed by atoms with Crippen LogP contribution in [0.15, 0.2) is 16.8 Å². The first-order chi connectivity index (χ1) is 22.5. The predicted molar refractivity (Wildman–Crippen MR) is 184 cm³/mol. The molecule has 2 atom stereocenters. The number of rotatable bonds is 30. The van der Waals surface area contributed by atoms with Gasteiger partial charge in [-0.3, -0.25) is 14.9 Å². The monoisotopic (exact) mass is 646 g/mol. The van der Waals surface area contributed by atoms with E-state index in [1.807, 2.05) is 0 Å². The maximum Gasteiger partial charge on any atom is 0.300 e. The summed E-state index contributed by atoms with van der Waals surface area (Å²) in [6.45, 7) is 2.02. The molecule has 1 amide bonds. The summed E-state index contributed by atoms with van der Waals surface area (Å²) in [5.41, 5.74) is 1.55. The van der Waals surface area contributed by atoms with Gasteiger partial charge < -0.3 is 15.5 Å². The van der Waals surface area contributed by atoms with Crippen molar-refractivity contribution < 1.29 is 24.6 Å². The van der Waals surface area contributed by atoms with Crippen LogP contribution in [0, 0.1) is 10.1 Å². The number of aromatic nitrogens is 2. The molecule has 0 spiro atoms. The van der Waals surface area contributed by atoms with Crippen LogP contribution in [-0.2, 0) is 11.2 Å². The molecule has 0 aliphatic carbocycles. The zero-order valence-corrected chi connectivity index (χ0v) is 28.6. The second-order valence-corrected chi connectivity index (χ2v) is 13.1. The van der Waals surface area contributed by atoms with Crippen LogP contribution >= 0.6 is 0 Å². The van der Waals surface area contributed by atoms with Gasteiger partial charge in [-0.2, -0.15) is 0 Å². The van der Waals surface area contributed by atoms with E-state index in [-0.39, 0.29) is 23.7 Å². The second kappa shape index (κ2) is 25.5. The van der Waals surface area contributed by atoms with Crippen molar-refractivity contribution >= 4 is 22.6 Å². The Morgan fingerprint density at radius 3 is 1.83 bits per heavy atom. The van der Waals surface area contributed by atoms with Gasteiger partial charge in [0.15, 0.2) is 0 Å². The van der Waals surface area contributed by atoms with Crippen molar-refractivity contribution in [3.05, 3.63) is 27.8 Å². The number of unbranched alkanes of at least 4 members (excludes halogenated alkanes) is 20. The topological polar surface area (TPSA) is 152 Å². The Bertz CT molecular complexity index is 1080. The van der Waals surface area contributed by atoms with E-state index in [0.29, 0.717) is 18.4 Å². The molecule has 3 N–H and O–H groups in total. The van der Waals surface area contributed by atoms with Crippen molar-refractivity contribution in [3.8, 4) is 0 Å². The molecule has 0 saturated carbocycles. The molecular weight excluding hydrogens is 584 g/mol. The number of nitrogens with zero attached hydrogens (tertiary/aromatic N) is 3. The van der Waals surface area contributed by atoms with Crippen molar-refractivity contribution in [2.24, 2.45) is 0 Å². The average Bonchev–Trinajstić information content (AvgIpc) is 3.55. The molecule has 2 rings (SSSR count). The van der Waals surface area contributed by atoms with Crippen LogP contribution in [-0.4, -0.2) is 50.1 Å². The zero-order valence-electron chi connectivity index (χ0n) is 28.6. The van der Waals surface area contributed by atoms with E-state index in [2.05, 4.69) is 22.6 Å². The van der Waals surface area contributed by atoms with Gasteiger partial charge in [-0.1, -0.05) is 135 Å². The summed E-state index contributed by atoms with van der Waals surface area (Å²) < 4.78 is 4.73. The van der Waals surface area contributed by atoms with Gasteiger partial charge in [-0.15, -0.1) is 0 Å². The maximum atomic E-state index is 12.4. The lowest BCUT2D eigenvalue weighted by atomic mass is 10.0. The molecule has 1 heterocycles. The number of nitro groups is 1. The second-order valence-electron chi connectivity index (χ2n) is 13.1. The highest BCUT2D eigenvalue weighted by Gasteiger charge is 2.20. The van der Waals surface area contributed by atoms with Crippen LogP contribution in [0.1, 0.15) is 167 Å². The van der Waals surface area contributed by atoms with Crippen molar-refractivity contribution in [2.75, 3.05) is 6.61 Å². The normalized spacial score (nSPS) is 12.8. The van der Waals surface area contributed by atoms with Gasteiger partial charge in [0.25, 0.3) is 0 Å². The molecule has 0 unspecified atom stereocenters. The van der Waals surface area contributed by atoms with E-state index >= 15 is 0 Å². The third-order valence-electron chi connectivity index (χ3n) is 9.14. The van der Waals surface area contributed by atoms with Crippen LogP contribution in [0.2, 0.25) is 0 Å². The highest BCUT2D eigenvalue weighted by molar-refractivity contribution is 5.85.